The minimum absolute atomic E-state index is 0.110. The third kappa shape index (κ3) is 24.0. The predicted octanol–water partition coefficient (Wildman–Crippen LogP) is 13.8. The molecule has 0 aliphatic heterocycles. The van der Waals surface area contributed by atoms with Crippen molar-refractivity contribution in [1.82, 2.24) is 0 Å². The molecule has 1 N–H and O–H groups in total. The van der Waals surface area contributed by atoms with E-state index in [4.69, 9.17) is 9.47 Å². The van der Waals surface area contributed by atoms with Crippen molar-refractivity contribution in [2.24, 2.45) is 0 Å². The van der Waals surface area contributed by atoms with Gasteiger partial charge in [-0.25, -0.2) is 4.79 Å². The minimum atomic E-state index is -0.461. The topological polar surface area (TPSA) is 81.7 Å². The van der Waals surface area contributed by atoms with Crippen LogP contribution in [0.4, 0.5) is 5.69 Å². The number of carbonyl (C=O) groups excluding carboxylic acids is 2. The molecule has 0 unspecified atom stereocenters. The lowest BCUT2D eigenvalue weighted by molar-refractivity contribution is 0.0497. The van der Waals surface area contributed by atoms with Crippen LogP contribution >= 0.6 is 0 Å². The van der Waals surface area contributed by atoms with E-state index < -0.39 is 11.9 Å². The smallest absolute Gasteiger partial charge is 0.338 e. The van der Waals surface area contributed by atoms with Gasteiger partial charge in [0.25, 0.3) is 5.91 Å². The van der Waals surface area contributed by atoms with Crippen molar-refractivity contribution in [3.8, 4) is 5.75 Å². The summed E-state index contributed by atoms with van der Waals surface area (Å²) in [5, 5.41) is 2.69. The van der Waals surface area contributed by atoms with Gasteiger partial charge in [-0.1, -0.05) is 181 Å². The molecule has 0 aromatic heterocycles. The largest absolute Gasteiger partial charge is 0.494 e. The molecule has 0 aliphatic rings. The molecule has 0 saturated heterocycles. The Labute approximate surface area is 323 Å². The quantitative estimate of drug-likeness (QED) is 0.0572. The number of hydrogen-bond donors (Lipinski definition) is 1. The van der Waals surface area contributed by atoms with Crippen LogP contribution in [0.25, 0.3) is 0 Å². The van der Waals surface area contributed by atoms with Crippen LogP contribution in [0.1, 0.15) is 214 Å². The number of nitrogens with one attached hydrogen (secondary N) is 1. The average molecular weight is 734 g/mol. The van der Waals surface area contributed by atoms with Gasteiger partial charge in [-0.05, 0) is 61.4 Å². The van der Waals surface area contributed by atoms with Gasteiger partial charge in [0.1, 0.15) is 5.75 Å². The Kier molecular flexibility index (Phi) is 28.0. The van der Waals surface area contributed by atoms with E-state index in [1.165, 1.54) is 178 Å². The van der Waals surface area contributed by atoms with E-state index >= 15 is 0 Å². The van der Waals surface area contributed by atoms with E-state index in [0.29, 0.717) is 18.8 Å². The van der Waals surface area contributed by atoms with Gasteiger partial charge in [-0.2, -0.15) is 0 Å². The number of esters is 1. The Hall–Kier alpha value is -3.15. The number of anilines is 1. The zero-order chi connectivity index (χ0) is 38.0. The van der Waals surface area contributed by atoms with E-state index in [1.54, 1.807) is 24.3 Å². The molecule has 0 bridgehead atoms. The van der Waals surface area contributed by atoms with Crippen LogP contribution in [0.5, 0.6) is 5.75 Å². The van der Waals surface area contributed by atoms with Crippen molar-refractivity contribution < 1.29 is 19.1 Å². The highest BCUT2D eigenvalue weighted by molar-refractivity contribution is 6.04. The Morgan fingerprint density at radius 2 is 0.830 bits per heavy atom. The summed E-state index contributed by atoms with van der Waals surface area (Å²) in [6.45, 7) is 5.56. The molecule has 2 rings (SSSR count). The lowest BCUT2D eigenvalue weighted by Gasteiger charge is -2.08. The molecule has 6 heteroatoms. The summed E-state index contributed by atoms with van der Waals surface area (Å²) in [4.78, 5) is 38.2. The number of benzene rings is 1. The number of unbranched alkanes of at least 4 members (excludes halogenated alkanes) is 26. The third-order valence-electron chi connectivity index (χ3n) is 10.2. The highest BCUT2D eigenvalue weighted by Crippen LogP contribution is 2.17. The van der Waals surface area contributed by atoms with Crippen LogP contribution in [-0.2, 0) is 4.74 Å². The zero-order valence-corrected chi connectivity index (χ0v) is 33.9. The van der Waals surface area contributed by atoms with Crippen molar-refractivity contribution >= 4 is 17.6 Å². The van der Waals surface area contributed by atoms with Crippen LogP contribution in [0.15, 0.2) is 53.3 Å². The van der Waals surface area contributed by atoms with E-state index in [2.05, 4.69) is 19.2 Å². The molecule has 0 radical (unpaired) electrons. The summed E-state index contributed by atoms with van der Waals surface area (Å²) in [7, 11) is 0. The molecule has 0 heterocycles. The molecule has 1 amide bonds. The number of ether oxygens (including phenoxy) is 2. The van der Waals surface area contributed by atoms with Crippen molar-refractivity contribution in [2.45, 2.75) is 194 Å². The van der Waals surface area contributed by atoms with Gasteiger partial charge in [0.05, 0.1) is 24.5 Å². The van der Waals surface area contributed by atoms with Gasteiger partial charge in [0, 0.05) is 5.56 Å². The van der Waals surface area contributed by atoms with Crippen LogP contribution in [0.3, 0.4) is 0 Å². The van der Waals surface area contributed by atoms with Gasteiger partial charge >= 0.3 is 5.97 Å². The number of hydrogen-bond acceptors (Lipinski definition) is 5. The highest BCUT2D eigenvalue weighted by atomic mass is 16.5. The summed E-state index contributed by atoms with van der Waals surface area (Å²) in [5.41, 5.74) is 0.442. The van der Waals surface area contributed by atoms with E-state index in [9.17, 15) is 14.4 Å². The fraction of sp³-hybridized carbons (Fsp3) is 0.681. The van der Waals surface area contributed by atoms with Gasteiger partial charge < -0.3 is 14.8 Å². The molecule has 53 heavy (non-hydrogen) atoms. The van der Waals surface area contributed by atoms with Crippen molar-refractivity contribution in [2.75, 3.05) is 18.5 Å². The molecule has 2 aromatic carbocycles. The third-order valence-corrected chi connectivity index (χ3v) is 10.2. The second kappa shape index (κ2) is 32.3. The maximum atomic E-state index is 12.9. The SMILES string of the molecule is CCCCCCCCCCCCCCCCOC(=O)c1ccc(NC(=O)c2ccc(OCCCCCCCCCCCCCCCC)cc2)c(=O)cc1. The van der Waals surface area contributed by atoms with Crippen molar-refractivity contribution in [3.63, 3.8) is 0 Å². The predicted molar refractivity (Wildman–Crippen MR) is 224 cm³/mol. The first-order valence-electron chi connectivity index (χ1n) is 21.9. The molecule has 0 aliphatic carbocycles. The Balaban J connectivity index is 1.55. The van der Waals surface area contributed by atoms with Gasteiger partial charge in [0.15, 0.2) is 0 Å². The van der Waals surface area contributed by atoms with Gasteiger partial charge in [-0.3, -0.25) is 9.59 Å². The van der Waals surface area contributed by atoms with E-state index in [-0.39, 0.29) is 16.7 Å². The fourth-order valence-corrected chi connectivity index (χ4v) is 6.73. The summed E-state index contributed by atoms with van der Waals surface area (Å²) in [5.74, 6) is -0.130. The summed E-state index contributed by atoms with van der Waals surface area (Å²) < 4.78 is 11.4. The fourth-order valence-electron chi connectivity index (χ4n) is 6.73. The molecular formula is C47H75NO5. The molecule has 0 saturated carbocycles. The van der Waals surface area contributed by atoms with E-state index in [1.807, 2.05) is 0 Å². The summed E-state index contributed by atoms with van der Waals surface area (Å²) in [6.07, 6.45) is 36.4. The molecule has 0 spiro atoms. The molecular weight excluding hydrogens is 659 g/mol. The molecule has 298 valence electrons. The first-order valence-corrected chi connectivity index (χ1v) is 21.9. The molecule has 0 atom stereocenters. The Bertz CT molecular complexity index is 1260. The molecule has 0 fully saturated rings. The van der Waals surface area contributed by atoms with Crippen molar-refractivity contribution in [1.29, 1.82) is 0 Å². The van der Waals surface area contributed by atoms with Gasteiger partial charge in [-0.15, -0.1) is 0 Å². The second-order valence-electron chi connectivity index (χ2n) is 15.1. The number of rotatable bonds is 34. The molecule has 2 aromatic rings. The summed E-state index contributed by atoms with van der Waals surface area (Å²) in [6, 6.07) is 12.7. The van der Waals surface area contributed by atoms with Gasteiger partial charge in [0.2, 0.25) is 5.43 Å². The van der Waals surface area contributed by atoms with Crippen LogP contribution < -0.4 is 15.5 Å². The second-order valence-corrected chi connectivity index (χ2v) is 15.1. The molecule has 6 nitrogen and oxygen atoms in total. The maximum absolute atomic E-state index is 12.9. The van der Waals surface area contributed by atoms with Crippen LogP contribution in [0.2, 0.25) is 0 Å². The monoisotopic (exact) mass is 734 g/mol. The Morgan fingerprint density at radius 3 is 1.28 bits per heavy atom. The average Bonchev–Trinajstić information content (AvgIpc) is 3.35. The lowest BCUT2D eigenvalue weighted by atomic mass is 10.0. The first-order chi connectivity index (χ1) is 26.0. The lowest BCUT2D eigenvalue weighted by Crippen LogP contribution is -2.16. The Morgan fingerprint density at radius 1 is 0.453 bits per heavy atom. The van der Waals surface area contributed by atoms with Crippen LogP contribution in [0, 0.1) is 0 Å². The minimum Gasteiger partial charge on any atom is -0.494 e. The maximum Gasteiger partial charge on any atom is 0.338 e. The standard InChI is InChI=1S/C47H75NO5/c1-3-5-7-9-11-13-15-17-19-21-23-25-27-29-39-52-43-35-31-41(32-36-43)46(50)48-44-37-33-42(34-38-45(44)49)47(51)53-40-30-28-26-24-22-20-18-16-14-12-10-8-6-4-2/h31-38H,3-30,39-40H2,1-2H3,(H,48,49,50). The number of amides is 1. The first kappa shape index (κ1) is 46.0. The normalized spacial score (nSPS) is 11.1. The zero-order valence-electron chi connectivity index (χ0n) is 33.9. The van der Waals surface area contributed by atoms with E-state index in [0.717, 1.165) is 31.4 Å². The summed E-state index contributed by atoms with van der Waals surface area (Å²) >= 11 is 0. The van der Waals surface area contributed by atoms with Crippen LogP contribution in [-0.4, -0.2) is 25.1 Å². The number of carbonyl (C=O) groups is 2. The van der Waals surface area contributed by atoms with Crippen molar-refractivity contribution in [3.05, 3.63) is 69.9 Å². The highest BCUT2D eigenvalue weighted by Gasteiger charge is 2.11.